The molecule has 0 saturated carbocycles. The number of nitrogens with one attached hydrogen (secondary N) is 1. The molecule has 2 heterocycles. The molecule has 170 valence electrons. The predicted octanol–water partition coefficient (Wildman–Crippen LogP) is 3.14. The van der Waals surface area contributed by atoms with Crippen molar-refractivity contribution >= 4 is 23.1 Å². The van der Waals surface area contributed by atoms with Crippen LogP contribution in [0.15, 0.2) is 59.1 Å². The number of rotatable bonds is 7. The number of carbonyl (C=O) groups is 2. The first-order chi connectivity index (χ1) is 15.9. The largest absolute Gasteiger partial charge is 0.497 e. The Morgan fingerprint density at radius 3 is 2.82 bits per heavy atom. The van der Waals surface area contributed by atoms with Gasteiger partial charge in [0.25, 0.3) is 5.56 Å². The molecular formula is C25H25N3O5. The Bertz CT molecular complexity index is 1310. The van der Waals surface area contributed by atoms with Crippen molar-refractivity contribution in [3.8, 4) is 17.1 Å². The zero-order valence-corrected chi connectivity index (χ0v) is 18.7. The molecule has 1 aliphatic heterocycles. The molecule has 0 aliphatic carbocycles. The SMILES string of the molecule is COc1cccc(-c2nc3ccc(C4CC=C(C=O)O4)cc3c(=O)n2CC(=O)NC(C)C)c1. The van der Waals surface area contributed by atoms with Crippen molar-refractivity contribution in [1.29, 1.82) is 0 Å². The summed E-state index contributed by atoms with van der Waals surface area (Å²) in [5.41, 5.74) is 1.60. The smallest absolute Gasteiger partial charge is 0.262 e. The lowest BCUT2D eigenvalue weighted by molar-refractivity contribution is -0.122. The number of aldehydes is 1. The highest BCUT2D eigenvalue weighted by atomic mass is 16.5. The Hall–Kier alpha value is -3.94. The number of benzene rings is 2. The van der Waals surface area contributed by atoms with E-state index in [1.807, 2.05) is 26.0 Å². The molecule has 1 amide bonds. The van der Waals surface area contributed by atoms with E-state index in [1.54, 1.807) is 43.5 Å². The highest BCUT2D eigenvalue weighted by molar-refractivity contribution is 5.82. The number of allylic oxidation sites excluding steroid dienone is 1. The van der Waals surface area contributed by atoms with E-state index < -0.39 is 0 Å². The number of fused-ring (bicyclic) bond motifs is 1. The van der Waals surface area contributed by atoms with E-state index in [1.165, 1.54) is 4.57 Å². The first kappa shape index (κ1) is 22.3. The Morgan fingerprint density at radius 2 is 2.12 bits per heavy atom. The summed E-state index contributed by atoms with van der Waals surface area (Å²) in [6.07, 6.45) is 2.59. The second-order valence-electron chi connectivity index (χ2n) is 8.12. The molecule has 0 bridgehead atoms. The summed E-state index contributed by atoms with van der Waals surface area (Å²) in [5, 5.41) is 3.20. The monoisotopic (exact) mass is 447 g/mol. The Morgan fingerprint density at radius 1 is 1.30 bits per heavy atom. The Balaban J connectivity index is 1.84. The van der Waals surface area contributed by atoms with E-state index in [2.05, 4.69) is 5.32 Å². The van der Waals surface area contributed by atoms with Crippen molar-refractivity contribution in [3.05, 3.63) is 70.2 Å². The van der Waals surface area contributed by atoms with Gasteiger partial charge in [0.15, 0.2) is 12.0 Å². The molecule has 1 atom stereocenters. The third-order valence-corrected chi connectivity index (χ3v) is 5.36. The first-order valence-electron chi connectivity index (χ1n) is 10.7. The van der Waals surface area contributed by atoms with Gasteiger partial charge in [-0.2, -0.15) is 0 Å². The summed E-state index contributed by atoms with van der Waals surface area (Å²) in [4.78, 5) is 41.9. The second kappa shape index (κ2) is 9.28. The second-order valence-corrected chi connectivity index (χ2v) is 8.12. The average molecular weight is 447 g/mol. The van der Waals surface area contributed by atoms with Crippen LogP contribution in [0.5, 0.6) is 5.75 Å². The zero-order chi connectivity index (χ0) is 23.5. The van der Waals surface area contributed by atoms with Crippen LogP contribution >= 0.6 is 0 Å². The molecule has 8 heteroatoms. The molecule has 3 aromatic rings. The van der Waals surface area contributed by atoms with Crippen LogP contribution in [-0.4, -0.2) is 34.9 Å². The van der Waals surface area contributed by atoms with Crippen molar-refractivity contribution in [2.45, 2.75) is 39.0 Å². The van der Waals surface area contributed by atoms with Crippen LogP contribution in [0, 0.1) is 0 Å². The van der Waals surface area contributed by atoms with E-state index in [0.717, 1.165) is 5.56 Å². The van der Waals surface area contributed by atoms with Gasteiger partial charge in [-0.05, 0) is 49.8 Å². The molecule has 0 spiro atoms. The molecule has 33 heavy (non-hydrogen) atoms. The summed E-state index contributed by atoms with van der Waals surface area (Å²) in [5.74, 6) is 0.995. The number of hydrogen-bond donors (Lipinski definition) is 1. The zero-order valence-electron chi connectivity index (χ0n) is 18.7. The lowest BCUT2D eigenvalue weighted by Gasteiger charge is -2.17. The summed E-state index contributed by atoms with van der Waals surface area (Å²) in [7, 11) is 1.56. The highest BCUT2D eigenvalue weighted by Crippen LogP contribution is 2.31. The van der Waals surface area contributed by atoms with E-state index in [0.29, 0.717) is 40.7 Å². The number of amides is 1. The van der Waals surface area contributed by atoms with Crippen molar-refractivity contribution in [2.24, 2.45) is 0 Å². The number of methoxy groups -OCH3 is 1. The van der Waals surface area contributed by atoms with Crippen LogP contribution < -0.4 is 15.6 Å². The molecular weight excluding hydrogens is 422 g/mol. The maximum absolute atomic E-state index is 13.6. The van der Waals surface area contributed by atoms with Crippen LogP contribution in [0.2, 0.25) is 0 Å². The topological polar surface area (TPSA) is 99.5 Å². The van der Waals surface area contributed by atoms with Gasteiger partial charge in [0.05, 0.1) is 18.0 Å². The Labute approximate surface area is 190 Å². The maximum atomic E-state index is 13.6. The molecule has 1 N–H and O–H groups in total. The predicted molar refractivity (Wildman–Crippen MR) is 124 cm³/mol. The van der Waals surface area contributed by atoms with Gasteiger partial charge in [-0.1, -0.05) is 18.2 Å². The highest BCUT2D eigenvalue weighted by Gasteiger charge is 2.22. The number of hydrogen-bond acceptors (Lipinski definition) is 6. The molecule has 0 saturated heterocycles. The number of ether oxygens (including phenoxy) is 2. The van der Waals surface area contributed by atoms with E-state index in [9.17, 15) is 14.4 Å². The van der Waals surface area contributed by atoms with Crippen LogP contribution in [0.1, 0.15) is 31.9 Å². The van der Waals surface area contributed by atoms with Gasteiger partial charge in [0.2, 0.25) is 5.91 Å². The molecule has 0 fully saturated rings. The maximum Gasteiger partial charge on any atom is 0.262 e. The quantitative estimate of drug-likeness (QED) is 0.559. The number of carbonyl (C=O) groups excluding carboxylic acids is 2. The Kier molecular flexibility index (Phi) is 6.26. The standard InChI is InChI=1S/C25H25N3O5/c1-15(2)26-23(30)13-28-24(17-5-4-6-18(11-17)32-3)27-21-9-7-16(12-20(21)25(28)31)22-10-8-19(14-29)33-22/h4-9,11-12,14-15,22H,10,13H2,1-3H3,(H,26,30). The minimum atomic E-state index is -0.343. The van der Waals surface area contributed by atoms with E-state index >= 15 is 0 Å². The molecule has 8 nitrogen and oxygen atoms in total. The molecule has 2 aromatic carbocycles. The molecule has 1 aliphatic rings. The lowest BCUT2D eigenvalue weighted by atomic mass is 10.0. The normalized spacial score (nSPS) is 15.3. The summed E-state index contributed by atoms with van der Waals surface area (Å²) in [6, 6.07) is 12.5. The van der Waals surface area contributed by atoms with Gasteiger partial charge in [-0.25, -0.2) is 4.98 Å². The summed E-state index contributed by atoms with van der Waals surface area (Å²) in [6.45, 7) is 3.54. The van der Waals surface area contributed by atoms with Gasteiger partial charge in [-0.15, -0.1) is 0 Å². The lowest BCUT2D eigenvalue weighted by Crippen LogP contribution is -2.37. The molecule has 4 rings (SSSR count). The number of aromatic nitrogens is 2. The fraction of sp³-hybridized carbons (Fsp3) is 0.280. The van der Waals surface area contributed by atoms with Crippen molar-refractivity contribution in [3.63, 3.8) is 0 Å². The number of nitrogens with zero attached hydrogens (tertiary/aromatic N) is 2. The van der Waals surface area contributed by atoms with Gasteiger partial charge < -0.3 is 14.8 Å². The van der Waals surface area contributed by atoms with Crippen molar-refractivity contribution in [2.75, 3.05) is 7.11 Å². The van der Waals surface area contributed by atoms with Gasteiger partial charge in [-0.3, -0.25) is 19.0 Å². The van der Waals surface area contributed by atoms with Crippen LogP contribution in [-0.2, 0) is 20.9 Å². The fourth-order valence-corrected chi connectivity index (χ4v) is 3.84. The van der Waals surface area contributed by atoms with Crippen molar-refractivity contribution in [1.82, 2.24) is 14.9 Å². The summed E-state index contributed by atoms with van der Waals surface area (Å²) < 4.78 is 12.3. The molecule has 1 unspecified atom stereocenters. The third-order valence-electron chi connectivity index (χ3n) is 5.36. The minimum absolute atomic E-state index is 0.0625. The molecule has 0 radical (unpaired) electrons. The first-order valence-corrected chi connectivity index (χ1v) is 10.7. The van der Waals surface area contributed by atoms with Gasteiger partial charge in [0, 0.05) is 18.0 Å². The van der Waals surface area contributed by atoms with Gasteiger partial charge >= 0.3 is 0 Å². The molecule has 1 aromatic heterocycles. The van der Waals surface area contributed by atoms with Crippen LogP contribution in [0.25, 0.3) is 22.3 Å². The van der Waals surface area contributed by atoms with Crippen LogP contribution in [0.3, 0.4) is 0 Å². The van der Waals surface area contributed by atoms with Crippen molar-refractivity contribution < 1.29 is 19.1 Å². The minimum Gasteiger partial charge on any atom is -0.497 e. The third kappa shape index (κ3) is 4.64. The van der Waals surface area contributed by atoms with Crippen LogP contribution in [0.4, 0.5) is 0 Å². The van der Waals surface area contributed by atoms with E-state index in [4.69, 9.17) is 14.5 Å². The summed E-state index contributed by atoms with van der Waals surface area (Å²) >= 11 is 0. The van der Waals surface area contributed by atoms with E-state index in [-0.39, 0.29) is 35.9 Å². The van der Waals surface area contributed by atoms with Gasteiger partial charge in [0.1, 0.15) is 24.2 Å². The fourth-order valence-electron chi connectivity index (χ4n) is 3.84. The average Bonchev–Trinajstić information content (AvgIpc) is 3.29.